The lowest BCUT2D eigenvalue weighted by Crippen LogP contribution is -2.49. The Hall–Kier alpha value is -1.51. The molecule has 2 heterocycles. The van der Waals surface area contributed by atoms with E-state index in [0.29, 0.717) is 19.4 Å². The third-order valence-electron chi connectivity index (χ3n) is 3.58. The van der Waals surface area contributed by atoms with Crippen molar-refractivity contribution in [2.75, 3.05) is 18.0 Å². The molecule has 5 nitrogen and oxygen atoms in total. The zero-order valence-corrected chi connectivity index (χ0v) is 15.9. The maximum atomic E-state index is 13.3. The second-order valence-corrected chi connectivity index (χ2v) is 7.87. The average molecular weight is 424 g/mol. The second kappa shape index (κ2) is 7.39. The van der Waals surface area contributed by atoms with E-state index in [0.717, 1.165) is 6.07 Å². The number of piperidine rings is 1. The molecule has 25 heavy (non-hydrogen) atoms. The SMILES string of the molecule is CC(C)(C)OC(=O)N[C@H]1CCCN(c2ncc(Br)cc2C(F)(F)F)C1. The molecule has 1 N–H and O–H groups in total. The molecule has 140 valence electrons. The first kappa shape index (κ1) is 19.8. The van der Waals surface area contributed by atoms with Crippen molar-refractivity contribution < 1.29 is 22.7 Å². The number of carbonyl (C=O) groups excluding carboxylic acids is 1. The molecule has 0 bridgehead atoms. The number of ether oxygens (including phenoxy) is 1. The third kappa shape index (κ3) is 5.76. The van der Waals surface area contributed by atoms with Crippen LogP contribution >= 0.6 is 15.9 Å². The topological polar surface area (TPSA) is 54.5 Å². The van der Waals surface area contributed by atoms with Gasteiger partial charge in [0.15, 0.2) is 0 Å². The molecule has 1 aromatic heterocycles. The van der Waals surface area contributed by atoms with E-state index in [1.165, 1.54) is 6.20 Å². The highest BCUT2D eigenvalue weighted by Crippen LogP contribution is 2.37. The molecule has 0 aromatic carbocycles. The molecule has 1 fully saturated rings. The fourth-order valence-electron chi connectivity index (χ4n) is 2.65. The number of nitrogens with zero attached hydrogens (tertiary/aromatic N) is 2. The number of halogens is 4. The summed E-state index contributed by atoms with van der Waals surface area (Å²) >= 11 is 3.03. The number of amides is 1. The monoisotopic (exact) mass is 423 g/mol. The van der Waals surface area contributed by atoms with E-state index in [1.54, 1.807) is 25.7 Å². The number of hydrogen-bond donors (Lipinski definition) is 1. The van der Waals surface area contributed by atoms with Crippen molar-refractivity contribution in [1.29, 1.82) is 0 Å². The van der Waals surface area contributed by atoms with Crippen LogP contribution in [0.25, 0.3) is 0 Å². The first-order valence-corrected chi connectivity index (χ1v) is 8.72. The van der Waals surface area contributed by atoms with Gasteiger partial charge in [0, 0.05) is 29.8 Å². The molecule has 0 spiro atoms. The van der Waals surface area contributed by atoms with Gasteiger partial charge in [-0.3, -0.25) is 0 Å². The predicted molar refractivity (Wildman–Crippen MR) is 91.5 cm³/mol. The Balaban J connectivity index is 2.13. The van der Waals surface area contributed by atoms with Gasteiger partial charge in [-0.25, -0.2) is 9.78 Å². The van der Waals surface area contributed by atoms with Gasteiger partial charge in [0.25, 0.3) is 0 Å². The lowest BCUT2D eigenvalue weighted by molar-refractivity contribution is -0.137. The van der Waals surface area contributed by atoms with E-state index >= 15 is 0 Å². The Labute approximate surface area is 153 Å². The smallest absolute Gasteiger partial charge is 0.419 e. The molecule has 1 aliphatic rings. The number of pyridine rings is 1. The Bertz CT molecular complexity index is 632. The molecule has 1 saturated heterocycles. The second-order valence-electron chi connectivity index (χ2n) is 6.95. The number of carbonyl (C=O) groups is 1. The van der Waals surface area contributed by atoms with Crippen LogP contribution in [-0.2, 0) is 10.9 Å². The fraction of sp³-hybridized carbons (Fsp3) is 0.625. The van der Waals surface area contributed by atoms with Crippen LogP contribution in [0.15, 0.2) is 16.7 Å². The van der Waals surface area contributed by atoms with Crippen LogP contribution in [0.5, 0.6) is 0 Å². The summed E-state index contributed by atoms with van der Waals surface area (Å²) in [5, 5.41) is 2.72. The van der Waals surface area contributed by atoms with Gasteiger partial charge in [0.2, 0.25) is 0 Å². The van der Waals surface area contributed by atoms with E-state index in [4.69, 9.17) is 4.74 Å². The molecule has 1 aromatic rings. The Morgan fingerprint density at radius 2 is 2.08 bits per heavy atom. The van der Waals surface area contributed by atoms with Gasteiger partial charge in [-0.1, -0.05) is 0 Å². The van der Waals surface area contributed by atoms with E-state index in [1.807, 2.05) is 0 Å². The minimum Gasteiger partial charge on any atom is -0.444 e. The maximum Gasteiger partial charge on any atom is 0.419 e. The summed E-state index contributed by atoms with van der Waals surface area (Å²) in [5.41, 5.74) is -1.42. The van der Waals surface area contributed by atoms with Crippen LogP contribution in [0.3, 0.4) is 0 Å². The van der Waals surface area contributed by atoms with Crippen LogP contribution in [0, 0.1) is 0 Å². The molecular formula is C16H21BrF3N3O2. The van der Waals surface area contributed by atoms with Gasteiger partial charge in [0.05, 0.1) is 5.56 Å². The van der Waals surface area contributed by atoms with Crippen LogP contribution in [0.4, 0.5) is 23.8 Å². The molecule has 1 aliphatic heterocycles. The molecule has 0 aliphatic carbocycles. The maximum absolute atomic E-state index is 13.3. The zero-order valence-electron chi connectivity index (χ0n) is 14.3. The molecular weight excluding hydrogens is 403 g/mol. The van der Waals surface area contributed by atoms with Crippen molar-refractivity contribution in [3.05, 3.63) is 22.3 Å². The van der Waals surface area contributed by atoms with Crippen molar-refractivity contribution in [3.8, 4) is 0 Å². The van der Waals surface area contributed by atoms with Crippen molar-refractivity contribution in [2.45, 2.75) is 51.4 Å². The van der Waals surface area contributed by atoms with Gasteiger partial charge in [-0.2, -0.15) is 13.2 Å². The summed E-state index contributed by atoms with van der Waals surface area (Å²) in [6.45, 7) is 5.95. The lowest BCUT2D eigenvalue weighted by atomic mass is 10.0. The first-order valence-electron chi connectivity index (χ1n) is 7.93. The Morgan fingerprint density at radius 1 is 1.40 bits per heavy atom. The molecule has 1 amide bonds. The van der Waals surface area contributed by atoms with Crippen LogP contribution in [-0.4, -0.2) is 35.8 Å². The van der Waals surface area contributed by atoms with Gasteiger partial charge in [0.1, 0.15) is 11.4 Å². The quantitative estimate of drug-likeness (QED) is 0.767. The average Bonchev–Trinajstić information content (AvgIpc) is 2.44. The zero-order chi connectivity index (χ0) is 18.8. The molecule has 1 atom stereocenters. The van der Waals surface area contributed by atoms with Crippen LogP contribution < -0.4 is 10.2 Å². The first-order chi connectivity index (χ1) is 11.5. The van der Waals surface area contributed by atoms with Crippen molar-refractivity contribution in [3.63, 3.8) is 0 Å². The molecule has 9 heteroatoms. The van der Waals surface area contributed by atoms with E-state index in [2.05, 4.69) is 26.2 Å². The van der Waals surface area contributed by atoms with Gasteiger partial charge in [-0.15, -0.1) is 0 Å². The molecule has 0 unspecified atom stereocenters. The number of alkyl halides is 3. The number of nitrogens with one attached hydrogen (secondary N) is 1. The summed E-state index contributed by atoms with van der Waals surface area (Å²) in [5.74, 6) is -0.119. The van der Waals surface area contributed by atoms with Crippen LogP contribution in [0.2, 0.25) is 0 Å². The van der Waals surface area contributed by atoms with Gasteiger partial charge >= 0.3 is 12.3 Å². The Kier molecular flexibility index (Phi) is 5.86. The molecule has 0 radical (unpaired) electrons. The van der Waals surface area contributed by atoms with Crippen molar-refractivity contribution in [2.24, 2.45) is 0 Å². The number of hydrogen-bond acceptors (Lipinski definition) is 4. The van der Waals surface area contributed by atoms with E-state index < -0.39 is 23.4 Å². The number of alkyl carbamates (subject to hydrolysis) is 1. The Morgan fingerprint density at radius 3 is 2.68 bits per heavy atom. The summed E-state index contributed by atoms with van der Waals surface area (Å²) in [6, 6.07) is 0.725. The van der Waals surface area contributed by atoms with Gasteiger partial charge in [-0.05, 0) is 55.6 Å². The summed E-state index contributed by atoms with van der Waals surface area (Å²) in [7, 11) is 0. The summed E-state index contributed by atoms with van der Waals surface area (Å²) < 4.78 is 45.4. The van der Waals surface area contributed by atoms with E-state index in [9.17, 15) is 18.0 Å². The molecule has 0 saturated carbocycles. The molecule has 2 rings (SSSR count). The lowest BCUT2D eigenvalue weighted by Gasteiger charge is -2.35. The standard InChI is InChI=1S/C16H21BrF3N3O2/c1-15(2,3)25-14(24)22-11-5-4-6-23(9-11)13-12(16(18,19)20)7-10(17)8-21-13/h7-8,11H,4-6,9H2,1-3H3,(H,22,24)/t11-/m0/s1. The normalized spacial score (nSPS) is 18.8. The van der Waals surface area contributed by atoms with Crippen molar-refractivity contribution in [1.82, 2.24) is 10.3 Å². The van der Waals surface area contributed by atoms with E-state index in [-0.39, 0.29) is 22.9 Å². The number of anilines is 1. The highest BCUT2D eigenvalue weighted by atomic mass is 79.9. The minimum atomic E-state index is -4.50. The van der Waals surface area contributed by atoms with Gasteiger partial charge < -0.3 is 15.0 Å². The summed E-state index contributed by atoms with van der Waals surface area (Å²) in [6.07, 6.45) is -2.41. The van der Waals surface area contributed by atoms with Crippen molar-refractivity contribution >= 4 is 27.8 Å². The number of rotatable bonds is 2. The predicted octanol–water partition coefficient (Wildman–Crippen LogP) is 4.36. The van der Waals surface area contributed by atoms with Crippen LogP contribution in [0.1, 0.15) is 39.2 Å². The summed E-state index contributed by atoms with van der Waals surface area (Å²) in [4.78, 5) is 17.4. The highest BCUT2D eigenvalue weighted by molar-refractivity contribution is 9.10. The highest BCUT2D eigenvalue weighted by Gasteiger charge is 2.37. The number of aromatic nitrogens is 1. The minimum absolute atomic E-state index is 0.119. The third-order valence-corrected chi connectivity index (χ3v) is 4.01. The fourth-order valence-corrected chi connectivity index (χ4v) is 2.99. The largest absolute Gasteiger partial charge is 0.444 e.